The van der Waals surface area contributed by atoms with Gasteiger partial charge in [0, 0.05) is 31.6 Å². The molecule has 0 saturated carbocycles. The summed E-state index contributed by atoms with van der Waals surface area (Å²) in [5.74, 6) is 1.09. The molecular weight excluding hydrogens is 228 g/mol. The summed E-state index contributed by atoms with van der Waals surface area (Å²) in [6.45, 7) is 7.88. The van der Waals surface area contributed by atoms with Crippen molar-refractivity contribution in [1.82, 2.24) is 15.3 Å². The molecule has 0 amide bonds. The van der Waals surface area contributed by atoms with Crippen LogP contribution in [-0.4, -0.2) is 41.8 Å². The molecule has 0 aliphatic carbocycles. The highest BCUT2D eigenvalue weighted by molar-refractivity contribution is 5.50. The highest BCUT2D eigenvalue weighted by atomic mass is 16.5. The molecule has 0 bridgehead atoms. The Balaban J connectivity index is 1.95. The molecule has 3 heterocycles. The molecule has 1 fully saturated rings. The molecule has 1 saturated heterocycles. The second-order valence-electron chi connectivity index (χ2n) is 5.19. The Labute approximate surface area is 108 Å². The second kappa shape index (κ2) is 4.82. The van der Waals surface area contributed by atoms with Crippen molar-refractivity contribution in [3.8, 4) is 0 Å². The molecule has 0 spiro atoms. The zero-order valence-corrected chi connectivity index (χ0v) is 11.0. The van der Waals surface area contributed by atoms with Crippen LogP contribution in [0.25, 0.3) is 0 Å². The van der Waals surface area contributed by atoms with Gasteiger partial charge in [-0.15, -0.1) is 0 Å². The van der Waals surface area contributed by atoms with Gasteiger partial charge < -0.3 is 15.0 Å². The van der Waals surface area contributed by atoms with E-state index in [1.807, 2.05) is 0 Å². The van der Waals surface area contributed by atoms with Gasteiger partial charge in [0.1, 0.15) is 12.1 Å². The Morgan fingerprint density at radius 1 is 1.39 bits per heavy atom. The van der Waals surface area contributed by atoms with Crippen molar-refractivity contribution in [2.45, 2.75) is 39.0 Å². The van der Waals surface area contributed by atoms with Crippen LogP contribution in [0.1, 0.15) is 25.1 Å². The van der Waals surface area contributed by atoms with Crippen LogP contribution in [0.3, 0.4) is 0 Å². The van der Waals surface area contributed by atoms with Crippen LogP contribution in [-0.2, 0) is 17.7 Å². The van der Waals surface area contributed by atoms with Gasteiger partial charge in [0.2, 0.25) is 0 Å². The van der Waals surface area contributed by atoms with Gasteiger partial charge in [-0.2, -0.15) is 0 Å². The van der Waals surface area contributed by atoms with Crippen molar-refractivity contribution >= 4 is 5.82 Å². The quantitative estimate of drug-likeness (QED) is 0.794. The Hall–Kier alpha value is -1.20. The first kappa shape index (κ1) is 11.9. The van der Waals surface area contributed by atoms with Crippen LogP contribution >= 0.6 is 0 Å². The number of fused-ring (bicyclic) bond motifs is 1. The maximum absolute atomic E-state index is 5.69. The van der Waals surface area contributed by atoms with E-state index < -0.39 is 0 Å². The van der Waals surface area contributed by atoms with Crippen molar-refractivity contribution in [1.29, 1.82) is 0 Å². The number of nitrogens with zero attached hydrogens (tertiary/aromatic N) is 3. The molecular formula is C13H20N4O. The average molecular weight is 248 g/mol. The summed E-state index contributed by atoms with van der Waals surface area (Å²) in [6.07, 6.45) is 2.97. The summed E-state index contributed by atoms with van der Waals surface area (Å²) in [6, 6.07) is 0.377. The number of rotatable bonds is 1. The van der Waals surface area contributed by atoms with E-state index in [4.69, 9.17) is 4.74 Å². The highest BCUT2D eigenvalue weighted by Crippen LogP contribution is 2.26. The van der Waals surface area contributed by atoms with Crippen molar-refractivity contribution < 1.29 is 4.74 Å². The Kier molecular flexibility index (Phi) is 3.18. The summed E-state index contributed by atoms with van der Waals surface area (Å²) in [5.41, 5.74) is 2.47. The lowest BCUT2D eigenvalue weighted by atomic mass is 10.1. The Morgan fingerprint density at radius 3 is 3.17 bits per heavy atom. The third-order valence-electron chi connectivity index (χ3n) is 3.73. The van der Waals surface area contributed by atoms with E-state index in [1.54, 1.807) is 6.33 Å². The van der Waals surface area contributed by atoms with E-state index in [9.17, 15) is 0 Å². The Morgan fingerprint density at radius 2 is 2.28 bits per heavy atom. The van der Waals surface area contributed by atoms with Crippen LogP contribution in [0.15, 0.2) is 6.33 Å². The fourth-order valence-corrected chi connectivity index (χ4v) is 2.70. The molecule has 1 aromatic heterocycles. The number of nitrogens with one attached hydrogen (secondary N) is 1. The molecule has 5 nitrogen and oxygen atoms in total. The highest BCUT2D eigenvalue weighted by Gasteiger charge is 2.28. The second-order valence-corrected chi connectivity index (χ2v) is 5.19. The average Bonchev–Trinajstić information content (AvgIpc) is 2.41. The summed E-state index contributed by atoms with van der Waals surface area (Å²) in [7, 11) is 0. The molecule has 2 aliphatic rings. The topological polar surface area (TPSA) is 50.3 Å². The number of hydrogen-bond acceptors (Lipinski definition) is 5. The van der Waals surface area contributed by atoms with Gasteiger partial charge in [-0.05, 0) is 13.8 Å². The zero-order valence-electron chi connectivity index (χ0n) is 11.0. The van der Waals surface area contributed by atoms with E-state index in [0.29, 0.717) is 6.04 Å². The number of anilines is 1. The molecule has 3 rings (SSSR count). The van der Waals surface area contributed by atoms with E-state index >= 15 is 0 Å². The van der Waals surface area contributed by atoms with Gasteiger partial charge in [0.15, 0.2) is 0 Å². The van der Waals surface area contributed by atoms with E-state index in [1.165, 1.54) is 11.3 Å². The Bertz CT molecular complexity index is 437. The fourth-order valence-electron chi connectivity index (χ4n) is 2.70. The van der Waals surface area contributed by atoms with Gasteiger partial charge in [0.25, 0.3) is 0 Å². The minimum absolute atomic E-state index is 0.267. The van der Waals surface area contributed by atoms with Crippen LogP contribution in [0.5, 0.6) is 0 Å². The lowest BCUT2D eigenvalue weighted by Crippen LogP contribution is -2.48. The molecule has 1 N–H and O–H groups in total. The maximum Gasteiger partial charge on any atom is 0.137 e. The van der Waals surface area contributed by atoms with Gasteiger partial charge >= 0.3 is 0 Å². The molecule has 0 aromatic carbocycles. The van der Waals surface area contributed by atoms with E-state index in [2.05, 4.69) is 34.0 Å². The monoisotopic (exact) mass is 248 g/mol. The van der Waals surface area contributed by atoms with Gasteiger partial charge in [-0.3, -0.25) is 0 Å². The maximum atomic E-state index is 5.69. The predicted molar refractivity (Wildman–Crippen MR) is 69.7 cm³/mol. The van der Waals surface area contributed by atoms with Crippen molar-refractivity contribution in [2.75, 3.05) is 24.6 Å². The summed E-state index contributed by atoms with van der Waals surface area (Å²) in [4.78, 5) is 11.3. The van der Waals surface area contributed by atoms with Crippen LogP contribution in [0.2, 0.25) is 0 Å². The number of morpholine rings is 1. The lowest BCUT2D eigenvalue weighted by molar-refractivity contribution is 0.0339. The van der Waals surface area contributed by atoms with Gasteiger partial charge in [0.05, 0.1) is 24.4 Å². The minimum Gasteiger partial charge on any atom is -0.375 e. The standard InChI is InChI=1S/C13H20N4O/c1-9-7-18-10(2)6-17(9)13-11-5-14-4-3-12(11)15-8-16-13/h8-10,14H,3-7H2,1-2H3. The molecule has 98 valence electrons. The van der Waals surface area contributed by atoms with Crippen LogP contribution < -0.4 is 10.2 Å². The smallest absolute Gasteiger partial charge is 0.137 e. The summed E-state index contributed by atoms with van der Waals surface area (Å²) in [5, 5.41) is 3.41. The minimum atomic E-state index is 0.267. The van der Waals surface area contributed by atoms with E-state index in [-0.39, 0.29) is 6.10 Å². The van der Waals surface area contributed by atoms with Gasteiger partial charge in [-0.1, -0.05) is 0 Å². The molecule has 5 heteroatoms. The third-order valence-corrected chi connectivity index (χ3v) is 3.73. The van der Waals surface area contributed by atoms with Gasteiger partial charge in [-0.25, -0.2) is 9.97 Å². The van der Waals surface area contributed by atoms with Crippen molar-refractivity contribution in [3.05, 3.63) is 17.6 Å². The molecule has 0 radical (unpaired) electrons. The zero-order chi connectivity index (χ0) is 12.5. The molecule has 2 unspecified atom stereocenters. The van der Waals surface area contributed by atoms with E-state index in [0.717, 1.165) is 38.5 Å². The number of aromatic nitrogens is 2. The summed E-state index contributed by atoms with van der Waals surface area (Å²) < 4.78 is 5.69. The molecule has 18 heavy (non-hydrogen) atoms. The fraction of sp³-hybridized carbons (Fsp3) is 0.692. The SMILES string of the molecule is CC1CN(c2ncnc3c2CNCC3)C(C)CO1. The molecule has 2 aliphatic heterocycles. The van der Waals surface area contributed by atoms with Crippen molar-refractivity contribution in [3.63, 3.8) is 0 Å². The normalized spacial score (nSPS) is 28.0. The number of ether oxygens (including phenoxy) is 1. The van der Waals surface area contributed by atoms with Crippen LogP contribution in [0, 0.1) is 0 Å². The van der Waals surface area contributed by atoms with Crippen molar-refractivity contribution in [2.24, 2.45) is 0 Å². The first-order valence-electron chi connectivity index (χ1n) is 6.67. The number of hydrogen-bond donors (Lipinski definition) is 1. The molecule has 1 aromatic rings. The van der Waals surface area contributed by atoms with Crippen LogP contribution in [0.4, 0.5) is 5.82 Å². The third kappa shape index (κ3) is 2.08. The molecule has 2 atom stereocenters. The largest absolute Gasteiger partial charge is 0.375 e. The summed E-state index contributed by atoms with van der Waals surface area (Å²) >= 11 is 0. The predicted octanol–water partition coefficient (Wildman–Crippen LogP) is 0.736. The first-order valence-corrected chi connectivity index (χ1v) is 6.67. The first-order chi connectivity index (χ1) is 8.75. The lowest BCUT2D eigenvalue weighted by Gasteiger charge is -2.39.